The minimum Gasteiger partial charge on any atom is -0.354 e. The van der Waals surface area contributed by atoms with Crippen molar-refractivity contribution in [3.8, 4) is 0 Å². The highest BCUT2D eigenvalue weighted by Gasteiger charge is 1.99. The molecule has 0 aliphatic rings. The van der Waals surface area contributed by atoms with E-state index in [2.05, 4.69) is 16.0 Å². The molecule has 0 spiro atoms. The first-order chi connectivity index (χ1) is 6.66. The molecular formula is C8H18N4O2. The Morgan fingerprint density at radius 1 is 1.14 bits per heavy atom. The Morgan fingerprint density at radius 2 is 1.79 bits per heavy atom. The standard InChI is InChI=1S/C8H18N4O2/c1-10-4-2-3-7(13)11-5-6-12-8(9)14/h10H,2-6H2,1H3,(H,11,13)(H3,9,12,14). The number of hydrogen-bond acceptors (Lipinski definition) is 3. The smallest absolute Gasteiger partial charge is 0.312 e. The fourth-order valence-corrected chi connectivity index (χ4v) is 0.902. The van der Waals surface area contributed by atoms with Gasteiger partial charge in [-0.1, -0.05) is 0 Å². The van der Waals surface area contributed by atoms with Crippen molar-refractivity contribution < 1.29 is 9.59 Å². The lowest BCUT2D eigenvalue weighted by Crippen LogP contribution is -2.37. The van der Waals surface area contributed by atoms with E-state index in [1.807, 2.05) is 7.05 Å². The molecule has 0 aromatic rings. The Balaban J connectivity index is 3.22. The van der Waals surface area contributed by atoms with Gasteiger partial charge in [-0.15, -0.1) is 0 Å². The van der Waals surface area contributed by atoms with Gasteiger partial charge in [0.15, 0.2) is 0 Å². The van der Waals surface area contributed by atoms with E-state index in [1.54, 1.807) is 0 Å². The predicted molar refractivity (Wildman–Crippen MR) is 53.8 cm³/mol. The summed E-state index contributed by atoms with van der Waals surface area (Å²) < 4.78 is 0. The number of primary amides is 1. The summed E-state index contributed by atoms with van der Waals surface area (Å²) in [5.74, 6) is -0.00785. The zero-order chi connectivity index (χ0) is 10.8. The van der Waals surface area contributed by atoms with Crippen LogP contribution in [0.2, 0.25) is 0 Å². The number of urea groups is 1. The third kappa shape index (κ3) is 8.79. The van der Waals surface area contributed by atoms with Gasteiger partial charge in [-0.25, -0.2) is 4.79 Å². The molecule has 0 aromatic carbocycles. The molecule has 14 heavy (non-hydrogen) atoms. The van der Waals surface area contributed by atoms with Crippen LogP contribution in [0.3, 0.4) is 0 Å². The molecule has 0 aliphatic carbocycles. The van der Waals surface area contributed by atoms with Crippen LogP contribution in [0, 0.1) is 0 Å². The van der Waals surface area contributed by atoms with Gasteiger partial charge in [-0.3, -0.25) is 4.79 Å². The van der Waals surface area contributed by atoms with Gasteiger partial charge in [0, 0.05) is 19.5 Å². The summed E-state index contributed by atoms with van der Waals surface area (Å²) in [7, 11) is 1.84. The minimum absolute atomic E-state index is 0.00785. The Bertz CT molecular complexity index is 184. The zero-order valence-corrected chi connectivity index (χ0v) is 8.43. The van der Waals surface area contributed by atoms with Crippen molar-refractivity contribution in [3.05, 3.63) is 0 Å². The van der Waals surface area contributed by atoms with Crippen LogP contribution in [-0.2, 0) is 4.79 Å². The summed E-state index contributed by atoms with van der Waals surface area (Å²) in [5.41, 5.74) is 4.84. The second-order valence-electron chi connectivity index (χ2n) is 2.85. The van der Waals surface area contributed by atoms with Gasteiger partial charge < -0.3 is 21.7 Å². The van der Waals surface area contributed by atoms with Crippen LogP contribution >= 0.6 is 0 Å². The summed E-state index contributed by atoms with van der Waals surface area (Å²) in [4.78, 5) is 21.3. The molecule has 6 heteroatoms. The van der Waals surface area contributed by atoms with Gasteiger partial charge in [-0.05, 0) is 20.0 Å². The molecule has 0 rings (SSSR count). The van der Waals surface area contributed by atoms with Crippen LogP contribution in [0.25, 0.3) is 0 Å². The molecule has 6 nitrogen and oxygen atoms in total. The second-order valence-corrected chi connectivity index (χ2v) is 2.85. The molecule has 0 aromatic heterocycles. The molecule has 0 radical (unpaired) electrons. The van der Waals surface area contributed by atoms with Crippen molar-refractivity contribution in [1.82, 2.24) is 16.0 Å². The van der Waals surface area contributed by atoms with E-state index in [4.69, 9.17) is 5.73 Å². The second kappa shape index (κ2) is 8.31. The maximum absolute atomic E-state index is 11.1. The molecule has 0 aliphatic heterocycles. The summed E-state index contributed by atoms with van der Waals surface area (Å²) in [6.07, 6.45) is 1.31. The van der Waals surface area contributed by atoms with Crippen molar-refractivity contribution in [1.29, 1.82) is 0 Å². The van der Waals surface area contributed by atoms with Gasteiger partial charge in [0.25, 0.3) is 0 Å². The van der Waals surface area contributed by atoms with E-state index < -0.39 is 6.03 Å². The number of nitrogens with two attached hydrogens (primary N) is 1. The molecule has 0 saturated carbocycles. The lowest BCUT2D eigenvalue weighted by molar-refractivity contribution is -0.121. The van der Waals surface area contributed by atoms with E-state index in [-0.39, 0.29) is 5.91 Å². The maximum Gasteiger partial charge on any atom is 0.312 e. The third-order valence-electron chi connectivity index (χ3n) is 1.58. The van der Waals surface area contributed by atoms with Gasteiger partial charge >= 0.3 is 6.03 Å². The van der Waals surface area contributed by atoms with Crippen molar-refractivity contribution in [2.45, 2.75) is 12.8 Å². The van der Waals surface area contributed by atoms with Gasteiger partial charge in [0.05, 0.1) is 0 Å². The van der Waals surface area contributed by atoms with E-state index in [0.717, 1.165) is 13.0 Å². The van der Waals surface area contributed by atoms with E-state index in [0.29, 0.717) is 19.5 Å². The Labute approximate surface area is 83.6 Å². The molecule has 0 saturated heterocycles. The molecule has 0 atom stereocenters. The summed E-state index contributed by atoms with van der Waals surface area (Å²) in [6.45, 7) is 1.61. The zero-order valence-electron chi connectivity index (χ0n) is 8.43. The van der Waals surface area contributed by atoms with E-state index >= 15 is 0 Å². The number of amides is 3. The molecular weight excluding hydrogens is 184 g/mol. The van der Waals surface area contributed by atoms with Crippen molar-refractivity contribution in [2.24, 2.45) is 5.73 Å². The van der Waals surface area contributed by atoms with Crippen LogP contribution in [0.4, 0.5) is 4.79 Å². The first-order valence-electron chi connectivity index (χ1n) is 4.61. The average molecular weight is 202 g/mol. The molecule has 0 unspecified atom stereocenters. The third-order valence-corrected chi connectivity index (χ3v) is 1.58. The Kier molecular flexibility index (Phi) is 7.53. The first kappa shape index (κ1) is 12.7. The summed E-state index contributed by atoms with van der Waals surface area (Å²) in [6, 6.07) is -0.575. The van der Waals surface area contributed by atoms with E-state index in [9.17, 15) is 9.59 Å². The molecule has 0 bridgehead atoms. The fourth-order valence-electron chi connectivity index (χ4n) is 0.902. The maximum atomic E-state index is 11.1. The SMILES string of the molecule is CNCCCC(=O)NCCNC(N)=O. The van der Waals surface area contributed by atoms with Crippen molar-refractivity contribution >= 4 is 11.9 Å². The Hall–Kier alpha value is -1.30. The molecule has 0 heterocycles. The van der Waals surface area contributed by atoms with E-state index in [1.165, 1.54) is 0 Å². The Morgan fingerprint density at radius 3 is 2.36 bits per heavy atom. The fraction of sp³-hybridized carbons (Fsp3) is 0.750. The predicted octanol–water partition coefficient (Wildman–Crippen LogP) is -1.23. The molecule has 5 N–H and O–H groups in total. The highest BCUT2D eigenvalue weighted by Crippen LogP contribution is 1.85. The van der Waals surface area contributed by atoms with Crippen LogP contribution in [0.1, 0.15) is 12.8 Å². The summed E-state index contributed by atoms with van der Waals surface area (Å²) in [5, 5.41) is 7.99. The topological polar surface area (TPSA) is 96.2 Å². The highest BCUT2D eigenvalue weighted by atomic mass is 16.2. The lowest BCUT2D eigenvalue weighted by atomic mass is 10.3. The van der Waals surface area contributed by atoms with Crippen LogP contribution in [0.15, 0.2) is 0 Å². The van der Waals surface area contributed by atoms with Crippen LogP contribution < -0.4 is 21.7 Å². The van der Waals surface area contributed by atoms with Gasteiger partial charge in [-0.2, -0.15) is 0 Å². The highest BCUT2D eigenvalue weighted by molar-refractivity contribution is 5.76. The summed E-state index contributed by atoms with van der Waals surface area (Å²) >= 11 is 0. The molecule has 82 valence electrons. The number of carbonyl (C=O) groups excluding carboxylic acids is 2. The van der Waals surface area contributed by atoms with Crippen LogP contribution in [-0.4, -0.2) is 38.6 Å². The first-order valence-corrected chi connectivity index (χ1v) is 4.61. The monoisotopic (exact) mass is 202 g/mol. The normalized spacial score (nSPS) is 9.50. The molecule has 3 amide bonds. The largest absolute Gasteiger partial charge is 0.354 e. The van der Waals surface area contributed by atoms with Crippen molar-refractivity contribution in [3.63, 3.8) is 0 Å². The molecule has 0 fully saturated rings. The van der Waals surface area contributed by atoms with Crippen LogP contribution in [0.5, 0.6) is 0 Å². The van der Waals surface area contributed by atoms with Gasteiger partial charge in [0.2, 0.25) is 5.91 Å². The van der Waals surface area contributed by atoms with Crippen molar-refractivity contribution in [2.75, 3.05) is 26.7 Å². The van der Waals surface area contributed by atoms with Gasteiger partial charge in [0.1, 0.15) is 0 Å². The quantitative estimate of drug-likeness (QED) is 0.389. The lowest BCUT2D eigenvalue weighted by Gasteiger charge is -2.04. The number of nitrogens with one attached hydrogen (secondary N) is 3. The number of rotatable bonds is 7. The number of hydrogen-bond donors (Lipinski definition) is 4. The minimum atomic E-state index is -0.575. The number of carbonyl (C=O) groups is 2. The average Bonchev–Trinajstić information content (AvgIpc) is 2.13.